The van der Waals surface area contributed by atoms with Crippen LogP contribution >= 0.6 is 23.1 Å². The number of furan rings is 1. The molecule has 2 aliphatic rings. The largest absolute Gasteiger partial charge is 0.467 e. The summed E-state index contributed by atoms with van der Waals surface area (Å²) < 4.78 is 7.31. The van der Waals surface area contributed by atoms with Gasteiger partial charge in [0.2, 0.25) is 0 Å². The molecule has 0 saturated heterocycles. The predicted molar refractivity (Wildman–Crippen MR) is 135 cm³/mol. The van der Waals surface area contributed by atoms with Gasteiger partial charge >= 0.3 is 0 Å². The molecule has 0 aliphatic heterocycles. The number of aromatic nitrogens is 2. The predicted octanol–water partition coefficient (Wildman–Crippen LogP) is 5.96. The number of thiophene rings is 1. The van der Waals surface area contributed by atoms with E-state index in [9.17, 15) is 9.59 Å². The van der Waals surface area contributed by atoms with Crippen LogP contribution in [0.25, 0.3) is 11.3 Å². The molecule has 34 heavy (non-hydrogen) atoms. The van der Waals surface area contributed by atoms with Gasteiger partial charge in [0.15, 0.2) is 10.9 Å². The van der Waals surface area contributed by atoms with E-state index in [2.05, 4.69) is 18.2 Å². The average Bonchev–Trinajstić information content (AvgIpc) is 3.63. The van der Waals surface area contributed by atoms with E-state index < -0.39 is 0 Å². The normalized spacial score (nSPS) is 15.9. The Labute approximate surface area is 205 Å². The van der Waals surface area contributed by atoms with Crippen molar-refractivity contribution in [1.82, 2.24) is 9.55 Å². The maximum Gasteiger partial charge on any atom is 0.258 e. The Morgan fingerprint density at radius 1 is 1.12 bits per heavy atom. The summed E-state index contributed by atoms with van der Waals surface area (Å²) in [6.45, 7) is 0.305. The molecule has 3 aromatic heterocycles. The molecule has 172 valence electrons. The summed E-state index contributed by atoms with van der Waals surface area (Å²) in [6, 6.07) is 15.7. The first kappa shape index (κ1) is 21.6. The molecule has 0 bridgehead atoms. The van der Waals surface area contributed by atoms with Crippen LogP contribution in [-0.2, 0) is 18.4 Å². The van der Waals surface area contributed by atoms with Crippen molar-refractivity contribution in [2.75, 3.05) is 5.75 Å². The third-order valence-electron chi connectivity index (χ3n) is 7.05. The fourth-order valence-electron chi connectivity index (χ4n) is 5.49. The minimum absolute atomic E-state index is 0.00359. The van der Waals surface area contributed by atoms with E-state index in [-0.39, 0.29) is 22.5 Å². The highest BCUT2D eigenvalue weighted by Gasteiger charge is 2.44. The van der Waals surface area contributed by atoms with E-state index >= 15 is 0 Å². The first-order chi connectivity index (χ1) is 16.6. The van der Waals surface area contributed by atoms with Crippen molar-refractivity contribution >= 4 is 28.9 Å². The summed E-state index contributed by atoms with van der Waals surface area (Å²) in [6.07, 6.45) is 6.78. The number of Topliss-reactive ketones (excluding diaryl/α,β-unsaturated/α-hetero) is 1. The van der Waals surface area contributed by atoms with Crippen LogP contribution in [0.1, 0.15) is 52.2 Å². The summed E-state index contributed by atoms with van der Waals surface area (Å²) >= 11 is 2.77. The Kier molecular flexibility index (Phi) is 5.54. The SMILES string of the molecule is O=C(CSc1nc2c(c(=O)n1Cc1ccco1)C1(CCCC1)Cc1ccccc1-2)c1cccs1. The zero-order valence-corrected chi connectivity index (χ0v) is 20.3. The summed E-state index contributed by atoms with van der Waals surface area (Å²) in [5.74, 6) is 0.979. The molecule has 6 rings (SSSR count). The van der Waals surface area contributed by atoms with Crippen LogP contribution in [0.3, 0.4) is 0 Å². The third-order valence-corrected chi connectivity index (χ3v) is 8.94. The van der Waals surface area contributed by atoms with Gasteiger partial charge in [-0.25, -0.2) is 4.98 Å². The maximum atomic E-state index is 14.2. The van der Waals surface area contributed by atoms with Gasteiger partial charge in [-0.05, 0) is 48.4 Å². The van der Waals surface area contributed by atoms with Crippen LogP contribution < -0.4 is 5.56 Å². The molecule has 3 heterocycles. The number of fused-ring (bicyclic) bond motifs is 4. The van der Waals surface area contributed by atoms with Crippen molar-refractivity contribution < 1.29 is 9.21 Å². The second kappa shape index (κ2) is 8.71. The Hall–Kier alpha value is -2.90. The second-order valence-electron chi connectivity index (χ2n) is 9.10. The first-order valence-electron chi connectivity index (χ1n) is 11.6. The zero-order chi connectivity index (χ0) is 23.1. The van der Waals surface area contributed by atoms with Gasteiger partial charge in [-0.15, -0.1) is 11.3 Å². The van der Waals surface area contributed by atoms with Crippen molar-refractivity contribution in [3.05, 3.63) is 92.3 Å². The number of hydrogen-bond donors (Lipinski definition) is 0. The van der Waals surface area contributed by atoms with Crippen LogP contribution in [0.2, 0.25) is 0 Å². The van der Waals surface area contributed by atoms with Crippen LogP contribution in [0.15, 0.2) is 74.5 Å². The van der Waals surface area contributed by atoms with Gasteiger partial charge in [0.1, 0.15) is 5.76 Å². The number of carbonyl (C=O) groups excluding carboxylic acids is 1. The lowest BCUT2D eigenvalue weighted by Gasteiger charge is -2.36. The molecular formula is C27H24N2O3S2. The van der Waals surface area contributed by atoms with E-state index in [0.717, 1.165) is 53.8 Å². The molecule has 1 saturated carbocycles. The van der Waals surface area contributed by atoms with Gasteiger partial charge in [-0.1, -0.05) is 54.9 Å². The van der Waals surface area contributed by atoms with E-state index in [0.29, 0.717) is 17.5 Å². The smallest absolute Gasteiger partial charge is 0.258 e. The fourth-order valence-corrected chi connectivity index (χ4v) is 7.12. The molecule has 0 N–H and O–H groups in total. The fraction of sp³-hybridized carbons (Fsp3) is 0.296. The minimum atomic E-state index is -0.158. The highest BCUT2D eigenvalue weighted by atomic mass is 32.2. The Bertz CT molecular complexity index is 1400. The van der Waals surface area contributed by atoms with Gasteiger partial charge in [-0.2, -0.15) is 0 Å². The molecule has 7 heteroatoms. The van der Waals surface area contributed by atoms with Crippen molar-refractivity contribution in [3.8, 4) is 11.3 Å². The maximum absolute atomic E-state index is 14.2. The zero-order valence-electron chi connectivity index (χ0n) is 18.7. The minimum Gasteiger partial charge on any atom is -0.467 e. The van der Waals surface area contributed by atoms with E-state index in [4.69, 9.17) is 9.40 Å². The topological polar surface area (TPSA) is 65.1 Å². The third kappa shape index (κ3) is 3.67. The van der Waals surface area contributed by atoms with E-state index in [1.165, 1.54) is 28.7 Å². The summed E-state index contributed by atoms with van der Waals surface area (Å²) in [5.41, 5.74) is 3.81. The molecule has 5 nitrogen and oxygen atoms in total. The molecule has 4 aromatic rings. The Morgan fingerprint density at radius 3 is 2.74 bits per heavy atom. The van der Waals surface area contributed by atoms with Crippen LogP contribution in [0, 0.1) is 0 Å². The van der Waals surface area contributed by atoms with Gasteiger partial charge in [0, 0.05) is 11.0 Å². The summed E-state index contributed by atoms with van der Waals surface area (Å²) in [7, 11) is 0. The molecule has 1 spiro atoms. The molecule has 2 aliphatic carbocycles. The van der Waals surface area contributed by atoms with Crippen LogP contribution in [0.5, 0.6) is 0 Å². The number of rotatable bonds is 6. The van der Waals surface area contributed by atoms with Crippen molar-refractivity contribution in [2.45, 2.75) is 49.2 Å². The number of ketones is 1. The number of benzene rings is 1. The molecule has 1 fully saturated rings. The number of hydrogen-bond acceptors (Lipinski definition) is 6. The van der Waals surface area contributed by atoms with Gasteiger partial charge < -0.3 is 4.42 Å². The van der Waals surface area contributed by atoms with Crippen molar-refractivity contribution in [3.63, 3.8) is 0 Å². The molecule has 1 aromatic carbocycles. The number of thioether (sulfide) groups is 1. The van der Waals surface area contributed by atoms with Crippen molar-refractivity contribution in [1.29, 1.82) is 0 Å². The summed E-state index contributed by atoms with van der Waals surface area (Å²) in [5, 5.41) is 2.47. The molecule has 0 unspecified atom stereocenters. The Balaban J connectivity index is 1.50. The average molecular weight is 489 g/mol. The number of carbonyl (C=O) groups is 1. The van der Waals surface area contributed by atoms with Gasteiger partial charge in [-0.3, -0.25) is 14.2 Å². The van der Waals surface area contributed by atoms with E-state index in [1.807, 2.05) is 35.7 Å². The lowest BCUT2D eigenvalue weighted by molar-refractivity contribution is 0.102. The summed E-state index contributed by atoms with van der Waals surface area (Å²) in [4.78, 5) is 32.8. The molecule has 0 amide bonds. The second-order valence-corrected chi connectivity index (χ2v) is 11.0. The van der Waals surface area contributed by atoms with E-state index in [1.54, 1.807) is 10.8 Å². The molecule has 0 radical (unpaired) electrons. The molecular weight excluding hydrogens is 464 g/mol. The lowest BCUT2D eigenvalue weighted by Crippen LogP contribution is -2.40. The highest BCUT2D eigenvalue weighted by Crippen LogP contribution is 2.50. The standard InChI is InChI=1S/C27H24N2O3S2/c30-21(22-10-6-14-33-22)17-34-26-28-24-20-9-2-1-7-18(20)15-27(11-3-4-12-27)23(24)25(31)29(26)16-19-8-5-13-32-19/h1-2,5-10,13-14H,3-4,11-12,15-17H2. The van der Waals surface area contributed by atoms with Gasteiger partial charge in [0.25, 0.3) is 5.56 Å². The highest BCUT2D eigenvalue weighted by molar-refractivity contribution is 7.99. The lowest BCUT2D eigenvalue weighted by atomic mass is 9.68. The molecule has 0 atom stereocenters. The van der Waals surface area contributed by atoms with Crippen LogP contribution in [-0.4, -0.2) is 21.1 Å². The van der Waals surface area contributed by atoms with Gasteiger partial charge in [0.05, 0.1) is 34.7 Å². The van der Waals surface area contributed by atoms with Crippen molar-refractivity contribution in [2.24, 2.45) is 0 Å². The monoisotopic (exact) mass is 488 g/mol. The number of nitrogens with zero attached hydrogens (tertiary/aromatic N) is 2. The van der Waals surface area contributed by atoms with Crippen LogP contribution in [0.4, 0.5) is 0 Å². The quantitative estimate of drug-likeness (QED) is 0.190. The Morgan fingerprint density at radius 2 is 1.97 bits per heavy atom. The first-order valence-corrected chi connectivity index (χ1v) is 13.5.